The van der Waals surface area contributed by atoms with Gasteiger partial charge in [-0.3, -0.25) is 10.1 Å². The second-order valence-corrected chi connectivity index (χ2v) is 6.93. The third kappa shape index (κ3) is 3.88. The first-order valence-electron chi connectivity index (χ1n) is 7.96. The molecule has 1 aromatic heterocycles. The van der Waals surface area contributed by atoms with Gasteiger partial charge < -0.3 is 4.74 Å². The highest BCUT2D eigenvalue weighted by Crippen LogP contribution is 2.33. The number of nitrogens with one attached hydrogen (secondary N) is 1. The van der Waals surface area contributed by atoms with E-state index in [0.29, 0.717) is 10.7 Å². The summed E-state index contributed by atoms with van der Waals surface area (Å²) in [6.45, 7) is 5.99. The molecule has 0 atom stereocenters. The van der Waals surface area contributed by atoms with Crippen molar-refractivity contribution in [2.75, 3.05) is 12.4 Å². The summed E-state index contributed by atoms with van der Waals surface area (Å²) < 4.78 is 5.42. The quantitative estimate of drug-likeness (QED) is 0.719. The van der Waals surface area contributed by atoms with E-state index in [1.165, 1.54) is 11.3 Å². The lowest BCUT2D eigenvalue weighted by Gasteiger charge is -2.07. The van der Waals surface area contributed by atoms with Crippen molar-refractivity contribution in [1.82, 2.24) is 4.98 Å². The second-order valence-electron chi connectivity index (χ2n) is 6.07. The van der Waals surface area contributed by atoms with Crippen LogP contribution in [-0.4, -0.2) is 18.0 Å². The molecule has 3 aromatic rings. The number of benzene rings is 2. The first kappa shape index (κ1) is 17.2. The van der Waals surface area contributed by atoms with Crippen LogP contribution in [-0.2, 0) is 0 Å². The Labute approximate surface area is 151 Å². The highest BCUT2D eigenvalue weighted by Gasteiger charge is 2.13. The van der Waals surface area contributed by atoms with E-state index in [4.69, 9.17) is 4.74 Å². The fourth-order valence-corrected chi connectivity index (χ4v) is 3.46. The Bertz CT molecular complexity index is 911. The van der Waals surface area contributed by atoms with Crippen LogP contribution in [0.2, 0.25) is 0 Å². The number of nitrogens with zero attached hydrogens (tertiary/aromatic N) is 1. The zero-order valence-electron chi connectivity index (χ0n) is 14.7. The highest BCUT2D eigenvalue weighted by molar-refractivity contribution is 7.14. The molecule has 0 aliphatic heterocycles. The summed E-state index contributed by atoms with van der Waals surface area (Å²) in [5.74, 6) is 0.618. The lowest BCUT2D eigenvalue weighted by molar-refractivity contribution is 0.102. The van der Waals surface area contributed by atoms with Crippen molar-refractivity contribution in [2.45, 2.75) is 20.8 Å². The van der Waals surface area contributed by atoms with Crippen LogP contribution in [0.5, 0.6) is 5.75 Å². The van der Waals surface area contributed by atoms with E-state index in [1.54, 1.807) is 7.11 Å². The minimum Gasteiger partial charge on any atom is -0.496 e. The number of thiazole rings is 1. The SMILES string of the molecule is COc1ccc(C)cc1-c1csc(NC(=O)c2cc(C)cc(C)c2)n1. The summed E-state index contributed by atoms with van der Waals surface area (Å²) in [5.41, 5.74) is 5.61. The number of carbonyl (C=O) groups is 1. The topological polar surface area (TPSA) is 51.2 Å². The molecule has 0 fully saturated rings. The minimum atomic E-state index is -0.149. The fourth-order valence-electron chi connectivity index (χ4n) is 2.75. The van der Waals surface area contributed by atoms with Crippen molar-refractivity contribution in [3.05, 3.63) is 64.0 Å². The van der Waals surface area contributed by atoms with Crippen LogP contribution in [0.4, 0.5) is 5.13 Å². The Balaban J connectivity index is 1.85. The van der Waals surface area contributed by atoms with Crippen LogP contribution >= 0.6 is 11.3 Å². The van der Waals surface area contributed by atoms with Gasteiger partial charge in [-0.1, -0.05) is 28.8 Å². The van der Waals surface area contributed by atoms with Crippen LogP contribution in [0.1, 0.15) is 27.0 Å². The van der Waals surface area contributed by atoms with Gasteiger partial charge in [-0.25, -0.2) is 4.98 Å². The number of aryl methyl sites for hydroxylation is 3. The van der Waals surface area contributed by atoms with E-state index < -0.39 is 0 Å². The zero-order valence-corrected chi connectivity index (χ0v) is 15.5. The molecule has 128 valence electrons. The maximum atomic E-state index is 12.5. The third-order valence-electron chi connectivity index (χ3n) is 3.84. The van der Waals surface area contributed by atoms with E-state index in [9.17, 15) is 4.79 Å². The number of aromatic nitrogens is 1. The van der Waals surface area contributed by atoms with Gasteiger partial charge in [0.2, 0.25) is 0 Å². The normalized spacial score (nSPS) is 10.6. The monoisotopic (exact) mass is 352 g/mol. The van der Waals surface area contributed by atoms with E-state index in [2.05, 4.69) is 10.3 Å². The summed E-state index contributed by atoms with van der Waals surface area (Å²) in [5, 5.41) is 5.38. The smallest absolute Gasteiger partial charge is 0.257 e. The van der Waals surface area contributed by atoms with Crippen molar-refractivity contribution < 1.29 is 9.53 Å². The molecule has 0 spiro atoms. The minimum absolute atomic E-state index is 0.149. The van der Waals surface area contributed by atoms with E-state index in [1.807, 2.05) is 62.5 Å². The van der Waals surface area contributed by atoms with Crippen molar-refractivity contribution >= 4 is 22.4 Å². The van der Waals surface area contributed by atoms with Gasteiger partial charge in [0.05, 0.1) is 12.8 Å². The molecule has 0 unspecified atom stereocenters. The summed E-state index contributed by atoms with van der Waals surface area (Å²) in [7, 11) is 1.64. The standard InChI is InChI=1S/C20H20N2O2S/c1-12-5-6-18(24-4)16(10-12)17-11-25-20(21-17)22-19(23)15-8-13(2)7-14(3)9-15/h5-11H,1-4H3,(H,21,22,23). The molecule has 2 aromatic carbocycles. The number of carbonyl (C=O) groups excluding carboxylic acids is 1. The molecule has 0 bridgehead atoms. The third-order valence-corrected chi connectivity index (χ3v) is 4.60. The van der Waals surface area contributed by atoms with Crippen molar-refractivity contribution in [1.29, 1.82) is 0 Å². The molecule has 1 N–H and O–H groups in total. The molecular formula is C20H20N2O2S. The molecule has 1 heterocycles. The maximum Gasteiger partial charge on any atom is 0.257 e. The van der Waals surface area contributed by atoms with Gasteiger partial charge in [-0.15, -0.1) is 11.3 Å². The number of hydrogen-bond acceptors (Lipinski definition) is 4. The summed E-state index contributed by atoms with van der Waals surface area (Å²) in [6, 6.07) is 11.8. The van der Waals surface area contributed by atoms with E-state index in [0.717, 1.165) is 33.7 Å². The van der Waals surface area contributed by atoms with Crippen LogP contribution in [0, 0.1) is 20.8 Å². The molecule has 25 heavy (non-hydrogen) atoms. The van der Waals surface area contributed by atoms with Crippen molar-refractivity contribution in [2.24, 2.45) is 0 Å². The van der Waals surface area contributed by atoms with Crippen LogP contribution in [0.15, 0.2) is 41.8 Å². The number of anilines is 1. The van der Waals surface area contributed by atoms with E-state index in [-0.39, 0.29) is 5.91 Å². The van der Waals surface area contributed by atoms with Crippen molar-refractivity contribution in [3.8, 4) is 17.0 Å². The lowest BCUT2D eigenvalue weighted by Crippen LogP contribution is -2.12. The predicted octanol–water partition coefficient (Wildman–Crippen LogP) is 5.00. The van der Waals surface area contributed by atoms with Crippen molar-refractivity contribution in [3.63, 3.8) is 0 Å². The molecule has 4 nitrogen and oxygen atoms in total. The van der Waals surface area contributed by atoms with Crippen LogP contribution in [0.25, 0.3) is 11.3 Å². The second kappa shape index (κ2) is 7.07. The number of hydrogen-bond donors (Lipinski definition) is 1. The van der Waals surface area contributed by atoms with Gasteiger partial charge in [0.25, 0.3) is 5.91 Å². The van der Waals surface area contributed by atoms with Gasteiger partial charge in [-0.05, 0) is 45.0 Å². The number of amides is 1. The van der Waals surface area contributed by atoms with Gasteiger partial charge in [-0.2, -0.15) is 0 Å². The van der Waals surface area contributed by atoms with Gasteiger partial charge in [0, 0.05) is 16.5 Å². The Morgan fingerprint density at radius 1 is 1.04 bits per heavy atom. The number of methoxy groups -OCH3 is 1. The average molecular weight is 352 g/mol. The Kier molecular flexibility index (Phi) is 4.86. The van der Waals surface area contributed by atoms with Gasteiger partial charge >= 0.3 is 0 Å². The molecule has 0 saturated heterocycles. The maximum absolute atomic E-state index is 12.5. The first-order chi connectivity index (χ1) is 12.0. The molecular weight excluding hydrogens is 332 g/mol. The summed E-state index contributed by atoms with van der Waals surface area (Å²) >= 11 is 1.40. The molecule has 0 aliphatic carbocycles. The molecule has 3 rings (SSSR count). The Morgan fingerprint density at radius 2 is 1.76 bits per heavy atom. The Hall–Kier alpha value is -2.66. The lowest BCUT2D eigenvalue weighted by atomic mass is 10.1. The largest absolute Gasteiger partial charge is 0.496 e. The average Bonchev–Trinajstić information content (AvgIpc) is 3.02. The Morgan fingerprint density at radius 3 is 2.44 bits per heavy atom. The highest BCUT2D eigenvalue weighted by atomic mass is 32.1. The first-order valence-corrected chi connectivity index (χ1v) is 8.84. The molecule has 5 heteroatoms. The number of rotatable bonds is 4. The summed E-state index contributed by atoms with van der Waals surface area (Å²) in [4.78, 5) is 17.0. The fraction of sp³-hybridized carbons (Fsp3) is 0.200. The molecule has 0 radical (unpaired) electrons. The zero-order chi connectivity index (χ0) is 18.0. The van der Waals surface area contributed by atoms with Crippen LogP contribution < -0.4 is 10.1 Å². The van der Waals surface area contributed by atoms with Crippen LogP contribution in [0.3, 0.4) is 0 Å². The molecule has 1 amide bonds. The van der Waals surface area contributed by atoms with Gasteiger partial charge in [0.1, 0.15) is 5.75 Å². The predicted molar refractivity (Wildman–Crippen MR) is 103 cm³/mol. The number of ether oxygens (including phenoxy) is 1. The molecule has 0 aliphatic rings. The molecule has 0 saturated carbocycles. The van der Waals surface area contributed by atoms with Gasteiger partial charge in [0.15, 0.2) is 5.13 Å². The van der Waals surface area contributed by atoms with E-state index >= 15 is 0 Å². The summed E-state index contributed by atoms with van der Waals surface area (Å²) in [6.07, 6.45) is 0.